The molecule has 9 heteroatoms. The molecular formula is C23H15Cl3F2N2O2. The molecule has 2 unspecified atom stereocenters. The van der Waals surface area contributed by atoms with Crippen LogP contribution in [0.5, 0.6) is 0 Å². The van der Waals surface area contributed by atoms with Crippen LogP contribution in [-0.4, -0.2) is 11.8 Å². The average molecular weight is 496 g/mol. The first-order chi connectivity index (χ1) is 15.2. The molecule has 0 aliphatic heterocycles. The Bertz CT molecular complexity index is 1220. The first-order valence-electron chi connectivity index (χ1n) is 9.54. The number of halogens is 5. The van der Waals surface area contributed by atoms with Gasteiger partial charge in [0.05, 0.1) is 16.3 Å². The standard InChI is InChI=1S/C23H15Cl3F2N2O2/c24-12-5-11(6-13(25)7-12)16-10-17(16)22(31)29-15-2-3-19(26)18(9-15)23(32)30-21-4-1-14(27)8-20(21)28/h1-9,16-17H,10H2,(H,29,31)(H,30,32). The lowest BCUT2D eigenvalue weighted by Crippen LogP contribution is -2.17. The van der Waals surface area contributed by atoms with E-state index in [1.807, 2.05) is 0 Å². The number of benzene rings is 3. The van der Waals surface area contributed by atoms with E-state index in [4.69, 9.17) is 34.8 Å². The first-order valence-corrected chi connectivity index (χ1v) is 10.7. The maximum absolute atomic E-state index is 13.8. The largest absolute Gasteiger partial charge is 0.326 e. The third kappa shape index (κ3) is 5.04. The Balaban J connectivity index is 1.45. The number of anilines is 2. The average Bonchev–Trinajstić information content (AvgIpc) is 3.52. The molecule has 4 rings (SSSR count). The maximum Gasteiger partial charge on any atom is 0.257 e. The minimum atomic E-state index is -0.917. The summed E-state index contributed by atoms with van der Waals surface area (Å²) in [4.78, 5) is 25.2. The van der Waals surface area contributed by atoms with Crippen molar-refractivity contribution >= 4 is 58.0 Å². The fourth-order valence-corrected chi connectivity index (χ4v) is 4.18. The second-order valence-corrected chi connectivity index (χ2v) is 8.69. The molecule has 1 aliphatic carbocycles. The highest BCUT2D eigenvalue weighted by Crippen LogP contribution is 2.49. The third-order valence-electron chi connectivity index (χ3n) is 5.10. The van der Waals surface area contributed by atoms with Gasteiger partial charge in [0.1, 0.15) is 11.6 Å². The van der Waals surface area contributed by atoms with E-state index in [0.29, 0.717) is 28.2 Å². The summed E-state index contributed by atoms with van der Waals surface area (Å²) in [5, 5.41) is 6.24. The van der Waals surface area contributed by atoms with Gasteiger partial charge in [0.25, 0.3) is 5.91 Å². The Kier molecular flexibility index (Phi) is 6.38. The van der Waals surface area contributed by atoms with E-state index in [1.165, 1.54) is 12.1 Å². The Morgan fingerprint density at radius 2 is 1.59 bits per heavy atom. The topological polar surface area (TPSA) is 58.2 Å². The van der Waals surface area contributed by atoms with Crippen LogP contribution in [0.4, 0.5) is 20.2 Å². The summed E-state index contributed by atoms with van der Waals surface area (Å²) in [6.45, 7) is 0. The molecule has 0 spiro atoms. The number of hydrogen-bond donors (Lipinski definition) is 2. The Hall–Kier alpha value is -2.67. The van der Waals surface area contributed by atoms with Crippen LogP contribution in [0.25, 0.3) is 0 Å². The Labute approximate surface area is 197 Å². The molecule has 1 saturated carbocycles. The summed E-state index contributed by atoms with van der Waals surface area (Å²) < 4.78 is 26.9. The van der Waals surface area contributed by atoms with E-state index in [9.17, 15) is 18.4 Å². The minimum absolute atomic E-state index is 0.00252. The lowest BCUT2D eigenvalue weighted by Gasteiger charge is -2.11. The molecule has 3 aromatic carbocycles. The van der Waals surface area contributed by atoms with Gasteiger partial charge in [-0.05, 0) is 66.4 Å². The van der Waals surface area contributed by atoms with Gasteiger partial charge in [-0.25, -0.2) is 8.78 Å². The zero-order valence-electron chi connectivity index (χ0n) is 16.3. The first kappa shape index (κ1) is 22.5. The van der Waals surface area contributed by atoms with Crippen molar-refractivity contribution in [3.63, 3.8) is 0 Å². The van der Waals surface area contributed by atoms with Crippen molar-refractivity contribution in [2.45, 2.75) is 12.3 Å². The summed E-state index contributed by atoms with van der Waals surface area (Å²) in [6, 6.07) is 12.4. The molecule has 4 nitrogen and oxygen atoms in total. The molecule has 2 N–H and O–H groups in total. The van der Waals surface area contributed by atoms with Gasteiger partial charge in [-0.3, -0.25) is 9.59 Å². The van der Waals surface area contributed by atoms with E-state index < -0.39 is 17.5 Å². The zero-order valence-corrected chi connectivity index (χ0v) is 18.5. The summed E-state index contributed by atoms with van der Waals surface area (Å²) in [5.74, 6) is -2.85. The van der Waals surface area contributed by atoms with Crippen molar-refractivity contribution in [1.82, 2.24) is 0 Å². The summed E-state index contributed by atoms with van der Waals surface area (Å²) in [5.41, 5.74) is 1.09. The lowest BCUT2D eigenvalue weighted by molar-refractivity contribution is -0.117. The van der Waals surface area contributed by atoms with Gasteiger partial charge < -0.3 is 10.6 Å². The van der Waals surface area contributed by atoms with Crippen molar-refractivity contribution in [1.29, 1.82) is 0 Å². The second kappa shape index (κ2) is 9.06. The fourth-order valence-electron chi connectivity index (χ4n) is 3.43. The number of carbonyl (C=O) groups is 2. The molecule has 0 heterocycles. The summed E-state index contributed by atoms with van der Waals surface area (Å²) in [6.07, 6.45) is 0.646. The van der Waals surface area contributed by atoms with E-state index in [1.54, 1.807) is 24.3 Å². The number of amides is 2. The van der Waals surface area contributed by atoms with Gasteiger partial charge in [0.2, 0.25) is 5.91 Å². The molecule has 0 aromatic heterocycles. The van der Waals surface area contributed by atoms with Crippen LogP contribution in [0.3, 0.4) is 0 Å². The predicted molar refractivity (Wildman–Crippen MR) is 122 cm³/mol. The predicted octanol–water partition coefficient (Wildman–Crippen LogP) is 6.92. The number of rotatable bonds is 5. The molecule has 0 saturated heterocycles. The van der Waals surface area contributed by atoms with Gasteiger partial charge in [-0.1, -0.05) is 34.8 Å². The van der Waals surface area contributed by atoms with Crippen LogP contribution in [0.2, 0.25) is 15.1 Å². The van der Waals surface area contributed by atoms with Gasteiger partial charge in [0, 0.05) is 27.7 Å². The highest BCUT2D eigenvalue weighted by molar-refractivity contribution is 6.35. The second-order valence-electron chi connectivity index (χ2n) is 7.41. The van der Waals surface area contributed by atoms with Crippen molar-refractivity contribution in [3.05, 3.63) is 92.4 Å². The fraction of sp³-hybridized carbons (Fsp3) is 0.130. The molecule has 164 valence electrons. The van der Waals surface area contributed by atoms with Crippen LogP contribution in [0.15, 0.2) is 54.6 Å². The van der Waals surface area contributed by atoms with Crippen molar-refractivity contribution < 1.29 is 18.4 Å². The minimum Gasteiger partial charge on any atom is -0.326 e. The molecule has 0 radical (unpaired) electrons. The van der Waals surface area contributed by atoms with E-state index in [-0.39, 0.29) is 34.0 Å². The normalized spacial score (nSPS) is 17.0. The zero-order chi connectivity index (χ0) is 23.0. The number of hydrogen-bond acceptors (Lipinski definition) is 2. The molecule has 0 bridgehead atoms. The van der Waals surface area contributed by atoms with Gasteiger partial charge in [-0.2, -0.15) is 0 Å². The summed E-state index contributed by atoms with van der Waals surface area (Å²) >= 11 is 18.2. The van der Waals surface area contributed by atoms with Crippen LogP contribution >= 0.6 is 34.8 Å². The van der Waals surface area contributed by atoms with E-state index in [0.717, 1.165) is 17.7 Å². The molecule has 1 fully saturated rings. The highest BCUT2D eigenvalue weighted by atomic mass is 35.5. The molecule has 2 atom stereocenters. The van der Waals surface area contributed by atoms with Crippen molar-refractivity contribution in [2.75, 3.05) is 10.6 Å². The number of carbonyl (C=O) groups excluding carboxylic acids is 2. The van der Waals surface area contributed by atoms with Gasteiger partial charge in [-0.15, -0.1) is 0 Å². The molecule has 32 heavy (non-hydrogen) atoms. The SMILES string of the molecule is O=C(Nc1ccc(F)cc1F)c1cc(NC(=O)C2CC2c2cc(Cl)cc(Cl)c2)ccc1Cl. The van der Waals surface area contributed by atoms with Gasteiger partial charge >= 0.3 is 0 Å². The van der Waals surface area contributed by atoms with Crippen LogP contribution in [0, 0.1) is 17.6 Å². The monoisotopic (exact) mass is 494 g/mol. The lowest BCUT2D eigenvalue weighted by atomic mass is 10.1. The maximum atomic E-state index is 13.8. The molecule has 1 aliphatic rings. The van der Waals surface area contributed by atoms with Crippen molar-refractivity contribution in [2.24, 2.45) is 5.92 Å². The third-order valence-corrected chi connectivity index (χ3v) is 5.86. The summed E-state index contributed by atoms with van der Waals surface area (Å²) in [7, 11) is 0. The van der Waals surface area contributed by atoms with Crippen LogP contribution in [-0.2, 0) is 4.79 Å². The van der Waals surface area contributed by atoms with Crippen molar-refractivity contribution in [3.8, 4) is 0 Å². The van der Waals surface area contributed by atoms with E-state index in [2.05, 4.69) is 10.6 Å². The number of nitrogens with one attached hydrogen (secondary N) is 2. The smallest absolute Gasteiger partial charge is 0.257 e. The highest BCUT2D eigenvalue weighted by Gasteiger charge is 2.44. The Morgan fingerprint density at radius 1 is 0.875 bits per heavy atom. The van der Waals surface area contributed by atoms with Crippen LogP contribution in [0.1, 0.15) is 28.3 Å². The molecular weight excluding hydrogens is 481 g/mol. The molecule has 2 amide bonds. The van der Waals surface area contributed by atoms with E-state index >= 15 is 0 Å². The van der Waals surface area contributed by atoms with Crippen LogP contribution < -0.4 is 10.6 Å². The molecule has 3 aromatic rings. The van der Waals surface area contributed by atoms with Gasteiger partial charge in [0.15, 0.2) is 0 Å². The Morgan fingerprint density at radius 3 is 2.28 bits per heavy atom. The quantitative estimate of drug-likeness (QED) is 0.404.